The van der Waals surface area contributed by atoms with Crippen molar-refractivity contribution in [1.29, 1.82) is 0 Å². The molecule has 0 saturated carbocycles. The van der Waals surface area contributed by atoms with Gasteiger partial charge in [0.1, 0.15) is 0 Å². The smallest absolute Gasteiger partial charge is 0.257 e. The number of hydrogen-bond acceptors (Lipinski definition) is 4. The van der Waals surface area contributed by atoms with Gasteiger partial charge in [-0.1, -0.05) is 23.8 Å². The van der Waals surface area contributed by atoms with E-state index in [2.05, 4.69) is 22.4 Å². The van der Waals surface area contributed by atoms with Crippen LogP contribution in [0.5, 0.6) is 0 Å². The van der Waals surface area contributed by atoms with Gasteiger partial charge in [-0.25, -0.2) is 0 Å². The molecule has 3 saturated heterocycles. The number of piperidine rings is 3. The largest absolute Gasteiger partial charge is 0.347 e. The maximum Gasteiger partial charge on any atom is 0.257 e. The van der Waals surface area contributed by atoms with Gasteiger partial charge in [0.2, 0.25) is 0 Å². The van der Waals surface area contributed by atoms with Crippen LogP contribution in [0.25, 0.3) is 0 Å². The van der Waals surface area contributed by atoms with Gasteiger partial charge in [-0.05, 0) is 44.7 Å². The van der Waals surface area contributed by atoms with Crippen molar-refractivity contribution in [3.63, 3.8) is 0 Å². The Morgan fingerprint density at radius 2 is 1.91 bits per heavy atom. The van der Waals surface area contributed by atoms with Crippen molar-refractivity contribution in [3.05, 3.63) is 21.4 Å². The number of fused-ring (bicyclic) bond motifs is 3. The van der Waals surface area contributed by atoms with Crippen molar-refractivity contribution < 1.29 is 4.79 Å². The lowest BCUT2D eigenvalue weighted by Gasteiger charge is -2.44. The zero-order valence-corrected chi connectivity index (χ0v) is 14.9. The minimum absolute atomic E-state index is 0.147. The fourth-order valence-corrected chi connectivity index (χ4v) is 6.74. The van der Waals surface area contributed by atoms with E-state index in [1.54, 1.807) is 23.5 Å². The molecule has 0 aromatic rings. The number of thioether (sulfide) groups is 2. The minimum atomic E-state index is 0.147. The summed E-state index contributed by atoms with van der Waals surface area (Å²) in [7, 11) is 0. The van der Waals surface area contributed by atoms with E-state index >= 15 is 0 Å². The third kappa shape index (κ3) is 3.10. The zero-order valence-electron chi connectivity index (χ0n) is 12.5. The van der Waals surface area contributed by atoms with Gasteiger partial charge in [0.25, 0.3) is 5.91 Å². The molecule has 5 aliphatic rings. The Hall–Kier alpha value is -0.100. The Kier molecular flexibility index (Phi) is 4.50. The van der Waals surface area contributed by atoms with Crippen LogP contribution in [-0.2, 0) is 4.79 Å². The number of carbonyl (C=O) groups is 1. The zero-order chi connectivity index (χ0) is 15.1. The predicted octanol–water partition coefficient (Wildman–Crippen LogP) is 3.17. The Balaban J connectivity index is 1.30. The lowest BCUT2D eigenvalue weighted by atomic mass is 9.84. The standard InChI is InChI=1S/C16H21ClN2OS2/c17-15-4-3-13(22-15)12-1-2-14(21-12)16(20)18-11-9-19-7-5-10(11)6-8-19/h2,4,10-13H,1,3,5-9H2,(H,18,20)/t11-,12?,13?/m0/s1. The fourth-order valence-electron chi connectivity index (χ4n) is 3.90. The summed E-state index contributed by atoms with van der Waals surface area (Å²) in [5.74, 6) is 0.832. The summed E-state index contributed by atoms with van der Waals surface area (Å²) in [6.45, 7) is 3.46. The highest BCUT2D eigenvalue weighted by molar-refractivity contribution is 8.08. The lowest BCUT2D eigenvalue weighted by molar-refractivity contribution is -0.118. The number of halogens is 1. The van der Waals surface area contributed by atoms with Gasteiger partial charge in [0, 0.05) is 23.1 Å². The second-order valence-corrected chi connectivity index (χ2v) is 9.77. The number of nitrogens with zero attached hydrogens (tertiary/aromatic N) is 1. The number of allylic oxidation sites excluding steroid dienone is 2. The van der Waals surface area contributed by atoms with Crippen molar-refractivity contribution in [1.82, 2.24) is 10.2 Å². The molecule has 3 fully saturated rings. The van der Waals surface area contributed by atoms with Gasteiger partial charge >= 0.3 is 0 Å². The normalized spacial score (nSPS) is 40.5. The van der Waals surface area contributed by atoms with Crippen LogP contribution >= 0.6 is 35.1 Å². The monoisotopic (exact) mass is 356 g/mol. The SMILES string of the molecule is O=C(N[C@H]1CN2CCC1CC2)C1=CCC(C2CC=C(Cl)S2)S1. The number of hydrogen-bond donors (Lipinski definition) is 1. The third-order valence-corrected chi connectivity index (χ3v) is 8.44. The molecule has 3 atom stereocenters. The van der Waals surface area contributed by atoms with Crippen molar-refractivity contribution in [3.8, 4) is 0 Å². The fraction of sp³-hybridized carbons (Fsp3) is 0.688. The molecule has 0 aliphatic carbocycles. The molecule has 1 N–H and O–H groups in total. The van der Waals surface area contributed by atoms with Gasteiger partial charge < -0.3 is 10.2 Å². The van der Waals surface area contributed by atoms with E-state index in [1.807, 2.05) is 0 Å². The summed E-state index contributed by atoms with van der Waals surface area (Å²) in [6, 6.07) is 0.354. The molecule has 5 rings (SSSR count). The summed E-state index contributed by atoms with van der Waals surface area (Å²) >= 11 is 9.57. The van der Waals surface area contributed by atoms with E-state index < -0.39 is 0 Å². The second kappa shape index (κ2) is 6.42. The summed E-state index contributed by atoms with van der Waals surface area (Å²) in [5, 5.41) is 4.31. The second-order valence-electron chi connectivity index (χ2n) is 6.58. The van der Waals surface area contributed by atoms with Gasteiger partial charge in [0.15, 0.2) is 0 Å². The molecule has 0 spiro atoms. The van der Waals surface area contributed by atoms with E-state index in [0.29, 0.717) is 22.5 Å². The molecule has 0 radical (unpaired) electrons. The predicted molar refractivity (Wildman–Crippen MR) is 95.1 cm³/mol. The highest BCUT2D eigenvalue weighted by Gasteiger charge is 2.37. The number of rotatable bonds is 3. The average molecular weight is 357 g/mol. The maximum atomic E-state index is 12.5. The van der Waals surface area contributed by atoms with Gasteiger partial charge in [-0.2, -0.15) is 0 Å². The molecular formula is C16H21ClN2OS2. The average Bonchev–Trinajstić information content (AvgIpc) is 3.17. The van der Waals surface area contributed by atoms with E-state index in [4.69, 9.17) is 11.6 Å². The van der Waals surface area contributed by atoms with Crippen LogP contribution in [0, 0.1) is 5.92 Å². The molecule has 3 nitrogen and oxygen atoms in total. The highest BCUT2D eigenvalue weighted by Crippen LogP contribution is 2.45. The molecular weight excluding hydrogens is 336 g/mol. The molecule has 2 unspecified atom stereocenters. The van der Waals surface area contributed by atoms with E-state index in [1.165, 1.54) is 25.9 Å². The first-order valence-corrected chi connectivity index (χ1v) is 10.2. The molecule has 22 heavy (non-hydrogen) atoms. The van der Waals surface area contributed by atoms with Crippen molar-refractivity contribution >= 4 is 41.0 Å². The van der Waals surface area contributed by atoms with Gasteiger partial charge in [-0.3, -0.25) is 4.79 Å². The molecule has 5 aliphatic heterocycles. The summed E-state index contributed by atoms with van der Waals surface area (Å²) in [4.78, 5) is 16.0. The molecule has 1 amide bonds. The summed E-state index contributed by atoms with van der Waals surface area (Å²) in [5.41, 5.74) is 0. The van der Waals surface area contributed by atoms with Crippen molar-refractivity contribution in [2.24, 2.45) is 5.92 Å². The van der Waals surface area contributed by atoms with Crippen LogP contribution in [0.4, 0.5) is 0 Å². The van der Waals surface area contributed by atoms with Crippen LogP contribution in [0.3, 0.4) is 0 Å². The molecule has 0 aromatic heterocycles. The van der Waals surface area contributed by atoms with Crippen molar-refractivity contribution in [2.75, 3.05) is 19.6 Å². The Morgan fingerprint density at radius 1 is 1.18 bits per heavy atom. The number of nitrogens with one attached hydrogen (secondary N) is 1. The first-order chi connectivity index (χ1) is 10.7. The lowest BCUT2D eigenvalue weighted by Crippen LogP contribution is -2.57. The Bertz CT molecular complexity index is 528. The number of amides is 1. The quantitative estimate of drug-likeness (QED) is 0.841. The van der Waals surface area contributed by atoms with Crippen molar-refractivity contribution in [2.45, 2.75) is 42.2 Å². The highest BCUT2D eigenvalue weighted by atomic mass is 35.5. The first kappa shape index (κ1) is 15.4. The minimum Gasteiger partial charge on any atom is -0.347 e. The van der Waals surface area contributed by atoms with Crippen LogP contribution in [0.2, 0.25) is 0 Å². The Labute approximate surface area is 145 Å². The molecule has 6 heteroatoms. The van der Waals surface area contributed by atoms with Crippen LogP contribution < -0.4 is 5.32 Å². The van der Waals surface area contributed by atoms with Gasteiger partial charge in [-0.15, -0.1) is 23.5 Å². The third-order valence-electron chi connectivity index (χ3n) is 5.20. The topological polar surface area (TPSA) is 32.3 Å². The van der Waals surface area contributed by atoms with E-state index in [-0.39, 0.29) is 5.91 Å². The van der Waals surface area contributed by atoms with Crippen LogP contribution in [0.1, 0.15) is 25.7 Å². The summed E-state index contributed by atoms with van der Waals surface area (Å²) in [6.07, 6.45) is 8.72. The summed E-state index contributed by atoms with van der Waals surface area (Å²) < 4.78 is 0.913. The molecule has 120 valence electrons. The van der Waals surface area contributed by atoms with Crippen LogP contribution in [0.15, 0.2) is 21.4 Å². The van der Waals surface area contributed by atoms with E-state index in [9.17, 15) is 4.79 Å². The maximum absolute atomic E-state index is 12.5. The van der Waals surface area contributed by atoms with Gasteiger partial charge in [0.05, 0.1) is 9.27 Å². The molecule has 5 heterocycles. The molecule has 2 bridgehead atoms. The van der Waals surface area contributed by atoms with E-state index in [0.717, 1.165) is 28.7 Å². The van der Waals surface area contributed by atoms with Crippen LogP contribution in [-0.4, -0.2) is 47.0 Å². The first-order valence-electron chi connectivity index (χ1n) is 8.11. The number of carbonyl (C=O) groups excluding carboxylic acids is 1. The molecule has 0 aromatic carbocycles. The Morgan fingerprint density at radius 3 is 2.55 bits per heavy atom.